The quantitative estimate of drug-likeness (QED) is 0.662. The molecule has 0 aliphatic rings. The van der Waals surface area contributed by atoms with Crippen molar-refractivity contribution in [3.8, 4) is 23.1 Å². The lowest BCUT2D eigenvalue weighted by Gasteiger charge is -2.02. The third-order valence-corrected chi connectivity index (χ3v) is 4.36. The number of nitriles is 1. The van der Waals surface area contributed by atoms with Gasteiger partial charge in [-0.2, -0.15) is 5.26 Å². The Morgan fingerprint density at radius 2 is 2.00 bits per heavy atom. The van der Waals surface area contributed by atoms with E-state index in [0.717, 1.165) is 17.0 Å². The molecule has 0 saturated heterocycles. The van der Waals surface area contributed by atoms with E-state index < -0.39 is 0 Å². The molecule has 0 fully saturated rings. The normalized spacial score (nSPS) is 11.0. The highest BCUT2D eigenvalue weighted by Gasteiger charge is 2.09. The van der Waals surface area contributed by atoms with E-state index in [9.17, 15) is 9.65 Å². The zero-order chi connectivity index (χ0) is 17.6. The van der Waals surface area contributed by atoms with Gasteiger partial charge in [0.25, 0.3) is 0 Å². The van der Waals surface area contributed by atoms with Crippen LogP contribution in [0.5, 0.6) is 5.75 Å². The molecule has 1 N–H and O–H groups in total. The molecule has 0 saturated carbocycles. The van der Waals surface area contributed by atoms with Gasteiger partial charge < -0.3 is 10.1 Å². The minimum atomic E-state index is -0.380. The van der Waals surface area contributed by atoms with E-state index in [1.165, 1.54) is 23.6 Å². The third-order valence-electron chi connectivity index (χ3n) is 3.49. The number of rotatable bonds is 5. The molecule has 0 unspecified atom stereocenters. The molecule has 0 atom stereocenters. The number of aromatic nitrogens is 1. The average Bonchev–Trinajstić information content (AvgIpc) is 3.14. The predicted octanol–water partition coefficient (Wildman–Crippen LogP) is 4.93. The number of benzene rings is 2. The number of nitrogens with zero attached hydrogens (tertiary/aromatic N) is 2. The van der Waals surface area contributed by atoms with Crippen LogP contribution in [0.3, 0.4) is 0 Å². The fourth-order valence-corrected chi connectivity index (χ4v) is 2.96. The molecule has 3 aromatic rings. The van der Waals surface area contributed by atoms with E-state index in [4.69, 9.17) is 4.74 Å². The van der Waals surface area contributed by atoms with Gasteiger partial charge in [-0.1, -0.05) is 12.1 Å². The minimum Gasteiger partial charge on any atom is -0.497 e. The lowest BCUT2D eigenvalue weighted by atomic mass is 10.2. The second kappa shape index (κ2) is 7.60. The molecule has 0 bridgehead atoms. The Labute approximate surface area is 148 Å². The van der Waals surface area contributed by atoms with Crippen LogP contribution in [0.15, 0.2) is 60.1 Å². The van der Waals surface area contributed by atoms with Gasteiger partial charge in [0.1, 0.15) is 28.2 Å². The van der Waals surface area contributed by atoms with Gasteiger partial charge in [0.05, 0.1) is 18.5 Å². The Morgan fingerprint density at radius 3 is 2.68 bits per heavy atom. The largest absolute Gasteiger partial charge is 0.497 e. The van der Waals surface area contributed by atoms with Crippen LogP contribution in [0, 0.1) is 17.1 Å². The standard InChI is InChI=1S/C19H14FN3OS/c1-24-15-8-6-13(7-9-15)18-12-25-19(23-18)14(10-21)11-22-17-5-3-2-4-16(17)20/h2-9,11-12,22H,1H3. The number of halogens is 1. The van der Waals surface area contributed by atoms with Crippen LogP contribution in [0.1, 0.15) is 5.01 Å². The number of nitrogens with one attached hydrogen (secondary N) is 1. The molecular weight excluding hydrogens is 337 g/mol. The molecule has 124 valence electrons. The monoisotopic (exact) mass is 351 g/mol. The van der Waals surface area contributed by atoms with E-state index in [2.05, 4.69) is 16.4 Å². The molecule has 1 heterocycles. The molecule has 0 spiro atoms. The van der Waals surface area contributed by atoms with Gasteiger partial charge in [-0.25, -0.2) is 9.37 Å². The van der Waals surface area contributed by atoms with Crippen LogP contribution >= 0.6 is 11.3 Å². The van der Waals surface area contributed by atoms with Gasteiger partial charge >= 0.3 is 0 Å². The summed E-state index contributed by atoms with van der Waals surface area (Å²) in [5.41, 5.74) is 2.35. The van der Waals surface area contributed by atoms with Crippen molar-refractivity contribution in [2.75, 3.05) is 12.4 Å². The molecule has 3 rings (SSSR count). The number of methoxy groups -OCH3 is 1. The molecule has 0 aliphatic heterocycles. The van der Waals surface area contributed by atoms with Gasteiger partial charge in [-0.05, 0) is 36.4 Å². The predicted molar refractivity (Wildman–Crippen MR) is 97.7 cm³/mol. The number of allylic oxidation sites excluding steroid dienone is 1. The second-order valence-corrected chi connectivity index (χ2v) is 5.92. The van der Waals surface area contributed by atoms with E-state index in [1.54, 1.807) is 25.3 Å². The number of hydrogen-bond acceptors (Lipinski definition) is 5. The van der Waals surface area contributed by atoms with E-state index in [-0.39, 0.29) is 5.82 Å². The van der Waals surface area contributed by atoms with Crippen LogP contribution in [0.2, 0.25) is 0 Å². The highest BCUT2D eigenvalue weighted by Crippen LogP contribution is 2.27. The molecule has 0 radical (unpaired) electrons. The third kappa shape index (κ3) is 3.84. The zero-order valence-electron chi connectivity index (χ0n) is 13.4. The fourth-order valence-electron chi connectivity index (χ4n) is 2.16. The smallest absolute Gasteiger partial charge is 0.146 e. The molecule has 1 aromatic heterocycles. The van der Waals surface area contributed by atoms with Crippen LogP contribution in [0.25, 0.3) is 16.8 Å². The van der Waals surface area contributed by atoms with Gasteiger partial charge in [0.15, 0.2) is 0 Å². The van der Waals surface area contributed by atoms with Crippen molar-refractivity contribution in [1.82, 2.24) is 4.98 Å². The summed E-state index contributed by atoms with van der Waals surface area (Å²) in [7, 11) is 1.61. The number of ether oxygens (including phenoxy) is 1. The number of anilines is 1. The number of para-hydroxylation sites is 1. The molecule has 4 nitrogen and oxygen atoms in total. The van der Waals surface area contributed by atoms with E-state index in [1.807, 2.05) is 29.6 Å². The van der Waals surface area contributed by atoms with Crippen molar-refractivity contribution < 1.29 is 9.13 Å². The van der Waals surface area contributed by atoms with Crippen molar-refractivity contribution in [2.24, 2.45) is 0 Å². The summed E-state index contributed by atoms with van der Waals surface area (Å²) < 4.78 is 18.8. The van der Waals surface area contributed by atoms with Crippen LogP contribution in [-0.4, -0.2) is 12.1 Å². The highest BCUT2D eigenvalue weighted by molar-refractivity contribution is 7.11. The van der Waals surface area contributed by atoms with E-state index >= 15 is 0 Å². The molecule has 2 aromatic carbocycles. The van der Waals surface area contributed by atoms with Gasteiger partial charge in [-0.3, -0.25) is 0 Å². The number of hydrogen-bond donors (Lipinski definition) is 1. The minimum absolute atomic E-state index is 0.308. The van der Waals surface area contributed by atoms with Gasteiger partial charge in [0.2, 0.25) is 0 Å². The van der Waals surface area contributed by atoms with Crippen molar-refractivity contribution in [3.05, 3.63) is 70.9 Å². The molecule has 25 heavy (non-hydrogen) atoms. The Hall–Kier alpha value is -3.17. The highest BCUT2D eigenvalue weighted by atomic mass is 32.1. The Bertz CT molecular complexity index is 942. The maximum absolute atomic E-state index is 13.6. The Kier molecular flexibility index (Phi) is 5.07. The SMILES string of the molecule is COc1ccc(-c2csc(C(C#N)=CNc3ccccc3F)n2)cc1. The average molecular weight is 351 g/mol. The Balaban J connectivity index is 1.82. The fraction of sp³-hybridized carbons (Fsp3) is 0.0526. The van der Waals surface area contributed by atoms with Crippen molar-refractivity contribution in [1.29, 1.82) is 5.26 Å². The molecule has 0 amide bonds. The summed E-state index contributed by atoms with van der Waals surface area (Å²) in [6, 6.07) is 15.9. The summed E-state index contributed by atoms with van der Waals surface area (Å²) in [6.45, 7) is 0. The first-order chi connectivity index (χ1) is 12.2. The van der Waals surface area contributed by atoms with E-state index in [0.29, 0.717) is 16.3 Å². The molecule has 6 heteroatoms. The topological polar surface area (TPSA) is 57.9 Å². The first kappa shape index (κ1) is 16.7. The van der Waals surface area contributed by atoms with Gasteiger partial charge in [-0.15, -0.1) is 11.3 Å². The summed E-state index contributed by atoms with van der Waals surface area (Å²) in [5, 5.41) is 14.6. The summed E-state index contributed by atoms with van der Waals surface area (Å²) in [4.78, 5) is 4.50. The zero-order valence-corrected chi connectivity index (χ0v) is 14.2. The van der Waals surface area contributed by atoms with Crippen LogP contribution in [-0.2, 0) is 0 Å². The van der Waals surface area contributed by atoms with Crippen molar-refractivity contribution in [3.63, 3.8) is 0 Å². The lowest BCUT2D eigenvalue weighted by molar-refractivity contribution is 0.415. The number of thiazole rings is 1. The van der Waals surface area contributed by atoms with Crippen molar-refractivity contribution in [2.45, 2.75) is 0 Å². The molecular formula is C19H14FN3OS. The first-order valence-electron chi connectivity index (χ1n) is 7.43. The Morgan fingerprint density at radius 1 is 1.24 bits per heavy atom. The van der Waals surface area contributed by atoms with Crippen molar-refractivity contribution >= 4 is 22.6 Å². The molecule has 0 aliphatic carbocycles. The maximum atomic E-state index is 13.6. The summed E-state index contributed by atoms with van der Waals surface area (Å²) in [5.74, 6) is 0.389. The second-order valence-electron chi connectivity index (χ2n) is 5.06. The van der Waals surface area contributed by atoms with Crippen LogP contribution < -0.4 is 10.1 Å². The maximum Gasteiger partial charge on any atom is 0.146 e. The summed E-state index contributed by atoms with van der Waals surface area (Å²) >= 11 is 1.36. The lowest BCUT2D eigenvalue weighted by Crippen LogP contribution is -1.93. The van der Waals surface area contributed by atoms with Gasteiger partial charge in [0, 0.05) is 17.1 Å². The summed E-state index contributed by atoms with van der Waals surface area (Å²) in [6.07, 6.45) is 1.47. The first-order valence-corrected chi connectivity index (χ1v) is 8.31. The van der Waals surface area contributed by atoms with Crippen LogP contribution in [0.4, 0.5) is 10.1 Å².